The number of terminal acetylenes is 1. The Labute approximate surface area is 253 Å². The molecule has 2 N–H and O–H groups in total. The highest BCUT2D eigenvalue weighted by Gasteiger charge is 2.36. The van der Waals surface area contributed by atoms with Gasteiger partial charge in [0, 0.05) is 18.2 Å². The number of nitrogens with zero attached hydrogens (tertiary/aromatic N) is 1. The molecule has 0 aliphatic rings. The molecule has 0 saturated carbocycles. The minimum Gasteiger partial charge on any atom is -0.444 e. The van der Waals surface area contributed by atoms with E-state index in [2.05, 4.69) is 16.7 Å². The van der Waals surface area contributed by atoms with Crippen molar-refractivity contribution < 1.29 is 19.1 Å². The number of fused-ring (bicyclic) bond motifs is 1. The molecule has 43 heavy (non-hydrogen) atoms. The third kappa shape index (κ3) is 8.02. The molecule has 7 nitrogen and oxygen atoms in total. The zero-order chi connectivity index (χ0) is 31.1. The van der Waals surface area contributed by atoms with Gasteiger partial charge in [0.15, 0.2) is 0 Å². The van der Waals surface area contributed by atoms with E-state index in [0.29, 0.717) is 11.3 Å². The van der Waals surface area contributed by atoms with Gasteiger partial charge < -0.3 is 15.4 Å². The second-order valence-corrected chi connectivity index (χ2v) is 11.5. The number of rotatable bonds is 8. The lowest BCUT2D eigenvalue weighted by molar-refractivity contribution is -0.136. The molecule has 0 bridgehead atoms. The molecule has 4 aromatic rings. The van der Waals surface area contributed by atoms with Crippen LogP contribution in [0.25, 0.3) is 10.8 Å². The fraction of sp³-hybridized carbons (Fsp3) is 0.250. The summed E-state index contributed by atoms with van der Waals surface area (Å²) in [5.41, 5.74) is 3.11. The number of anilines is 1. The van der Waals surface area contributed by atoms with Crippen molar-refractivity contribution in [3.05, 3.63) is 113 Å². The Morgan fingerprint density at radius 3 is 2.19 bits per heavy atom. The van der Waals surface area contributed by atoms with E-state index in [1.54, 1.807) is 26.8 Å². The third-order valence-corrected chi connectivity index (χ3v) is 7.02. The first-order chi connectivity index (χ1) is 20.4. The molecule has 2 unspecified atom stereocenters. The van der Waals surface area contributed by atoms with Crippen LogP contribution >= 0.6 is 0 Å². The maximum atomic E-state index is 14.2. The summed E-state index contributed by atoms with van der Waals surface area (Å²) in [5, 5.41) is 7.64. The highest BCUT2D eigenvalue weighted by molar-refractivity contribution is 6.01. The number of aryl methyl sites for hydroxylation is 2. The Kier molecular flexibility index (Phi) is 9.52. The Morgan fingerprint density at radius 1 is 0.860 bits per heavy atom. The lowest BCUT2D eigenvalue weighted by Crippen LogP contribution is -2.51. The number of hydrogen-bond donors (Lipinski definition) is 2. The molecule has 0 radical (unpaired) electrons. The van der Waals surface area contributed by atoms with Crippen molar-refractivity contribution in [2.24, 2.45) is 0 Å². The highest BCUT2D eigenvalue weighted by atomic mass is 16.6. The van der Waals surface area contributed by atoms with Crippen LogP contribution in [-0.2, 0) is 20.7 Å². The quantitative estimate of drug-likeness (QED) is 0.181. The van der Waals surface area contributed by atoms with Crippen LogP contribution in [0.2, 0.25) is 0 Å². The van der Waals surface area contributed by atoms with E-state index in [4.69, 9.17) is 11.2 Å². The van der Waals surface area contributed by atoms with E-state index in [-0.39, 0.29) is 6.42 Å². The van der Waals surface area contributed by atoms with Gasteiger partial charge in [-0.05, 0) is 79.8 Å². The van der Waals surface area contributed by atoms with Crippen LogP contribution in [-0.4, -0.2) is 34.5 Å². The van der Waals surface area contributed by atoms with E-state index in [1.165, 1.54) is 0 Å². The van der Waals surface area contributed by atoms with E-state index in [1.807, 2.05) is 98.8 Å². The van der Waals surface area contributed by atoms with Crippen molar-refractivity contribution in [3.63, 3.8) is 0 Å². The lowest BCUT2D eigenvalue weighted by atomic mass is 9.97. The summed E-state index contributed by atoms with van der Waals surface area (Å²) >= 11 is 0. The van der Waals surface area contributed by atoms with E-state index in [9.17, 15) is 14.4 Å². The molecule has 4 rings (SSSR count). The molecule has 0 saturated heterocycles. The van der Waals surface area contributed by atoms with Gasteiger partial charge >= 0.3 is 6.09 Å². The van der Waals surface area contributed by atoms with Crippen LogP contribution in [0.4, 0.5) is 10.5 Å². The lowest BCUT2D eigenvalue weighted by Gasteiger charge is -2.30. The number of hydrogen-bond acceptors (Lipinski definition) is 4. The number of carbonyl (C=O) groups is 3. The molecule has 0 aromatic heterocycles. The molecule has 2 atom stereocenters. The van der Waals surface area contributed by atoms with Gasteiger partial charge in [0.1, 0.15) is 17.7 Å². The molecular formula is C36H37N3O4. The summed E-state index contributed by atoms with van der Waals surface area (Å²) in [4.78, 5) is 42.1. The first-order valence-corrected chi connectivity index (χ1v) is 14.1. The topological polar surface area (TPSA) is 87.7 Å². The Hall–Kier alpha value is -5.09. The first-order valence-electron chi connectivity index (χ1n) is 14.1. The Balaban J connectivity index is 1.72. The van der Waals surface area contributed by atoms with Crippen LogP contribution in [0.3, 0.4) is 0 Å². The zero-order valence-corrected chi connectivity index (χ0v) is 25.2. The van der Waals surface area contributed by atoms with Gasteiger partial charge in [0.25, 0.3) is 11.8 Å². The predicted octanol–water partition coefficient (Wildman–Crippen LogP) is 6.69. The van der Waals surface area contributed by atoms with Crippen molar-refractivity contribution in [2.75, 3.05) is 5.32 Å². The van der Waals surface area contributed by atoms with Crippen molar-refractivity contribution >= 4 is 34.4 Å². The summed E-state index contributed by atoms with van der Waals surface area (Å²) in [6, 6.07) is 28.4. The van der Waals surface area contributed by atoms with Crippen LogP contribution in [0.1, 0.15) is 49.1 Å². The number of amides is 3. The molecule has 0 spiro atoms. The van der Waals surface area contributed by atoms with Gasteiger partial charge in [-0.15, -0.1) is 0 Å². The van der Waals surface area contributed by atoms with Crippen molar-refractivity contribution in [1.82, 2.24) is 10.2 Å². The molecule has 220 valence electrons. The number of alkyl carbamates (subject to hydrolysis) is 1. The zero-order valence-electron chi connectivity index (χ0n) is 25.2. The molecule has 0 aliphatic carbocycles. The van der Waals surface area contributed by atoms with Crippen molar-refractivity contribution in [2.45, 2.75) is 58.7 Å². The number of carbonyl (C=O) groups excluding carboxylic acids is 3. The van der Waals surface area contributed by atoms with E-state index >= 15 is 0 Å². The highest BCUT2D eigenvalue weighted by Crippen LogP contribution is 2.27. The van der Waals surface area contributed by atoms with Crippen molar-refractivity contribution in [3.8, 4) is 12.5 Å². The van der Waals surface area contributed by atoms with Gasteiger partial charge in [-0.1, -0.05) is 85.3 Å². The molecular weight excluding hydrogens is 538 g/mol. The molecule has 3 amide bonds. The third-order valence-electron chi connectivity index (χ3n) is 7.02. The largest absolute Gasteiger partial charge is 0.444 e. The van der Waals surface area contributed by atoms with E-state index < -0.39 is 35.6 Å². The smallest absolute Gasteiger partial charge is 0.408 e. The Morgan fingerprint density at radius 2 is 1.53 bits per heavy atom. The molecule has 0 fully saturated rings. The second kappa shape index (κ2) is 13.3. The molecule has 0 heterocycles. The minimum absolute atomic E-state index is 0.142. The van der Waals surface area contributed by atoms with Crippen LogP contribution in [0.5, 0.6) is 0 Å². The van der Waals surface area contributed by atoms with Crippen LogP contribution in [0.15, 0.2) is 91.0 Å². The summed E-state index contributed by atoms with van der Waals surface area (Å²) in [6.07, 6.45) is 5.36. The fourth-order valence-corrected chi connectivity index (χ4v) is 4.76. The summed E-state index contributed by atoms with van der Waals surface area (Å²) < 4.78 is 5.45. The van der Waals surface area contributed by atoms with E-state index in [0.717, 1.165) is 32.4 Å². The normalized spacial score (nSPS) is 12.5. The van der Waals surface area contributed by atoms with Crippen molar-refractivity contribution in [1.29, 1.82) is 0 Å². The first kappa shape index (κ1) is 30.9. The molecule has 7 heteroatoms. The van der Waals surface area contributed by atoms with Gasteiger partial charge in [-0.25, -0.2) is 4.79 Å². The average molecular weight is 576 g/mol. The number of benzene rings is 4. The fourth-order valence-electron chi connectivity index (χ4n) is 4.76. The maximum Gasteiger partial charge on any atom is 0.408 e. The predicted molar refractivity (Wildman–Crippen MR) is 170 cm³/mol. The van der Waals surface area contributed by atoms with Gasteiger partial charge in [0.2, 0.25) is 0 Å². The summed E-state index contributed by atoms with van der Waals surface area (Å²) in [5.74, 6) is -1.10. The molecule has 4 aromatic carbocycles. The monoisotopic (exact) mass is 575 g/mol. The minimum atomic E-state index is -1.18. The van der Waals surface area contributed by atoms with Crippen LogP contribution < -0.4 is 10.6 Å². The van der Waals surface area contributed by atoms with Crippen LogP contribution in [0, 0.1) is 26.3 Å². The second-order valence-electron chi connectivity index (χ2n) is 11.5. The SMILES string of the molecule is C#CN(C(=O)C(Cc1ccccc1)NC(=O)OC(C)(C)C)C(C(=O)Nc1ccc2ccccc2c1)c1ccc(C)c(C)c1. The summed E-state index contributed by atoms with van der Waals surface area (Å²) in [6.45, 7) is 9.11. The van der Waals surface area contributed by atoms with Gasteiger partial charge in [0.05, 0.1) is 0 Å². The standard InChI is InChI=1S/C36H37N3O4/c1-7-39(34(41)31(22-26-13-9-8-10-14-26)38-35(42)43-36(4,5)6)32(29-18-17-24(2)25(3)21-29)33(40)37-30-20-19-27-15-11-12-16-28(27)23-30/h1,8-21,23,31-32H,22H2,2-6H3,(H,37,40)(H,38,42). The average Bonchev–Trinajstić information content (AvgIpc) is 2.96. The summed E-state index contributed by atoms with van der Waals surface area (Å²) in [7, 11) is 0. The number of nitrogens with one attached hydrogen (secondary N) is 2. The number of ether oxygens (including phenoxy) is 1. The molecule has 0 aliphatic heterocycles. The maximum absolute atomic E-state index is 14.2. The van der Waals surface area contributed by atoms with Gasteiger partial charge in [-0.3, -0.25) is 14.5 Å². The Bertz CT molecular complexity index is 1670. The van der Waals surface area contributed by atoms with Gasteiger partial charge in [-0.2, -0.15) is 0 Å².